The summed E-state index contributed by atoms with van der Waals surface area (Å²) in [6.07, 6.45) is -0.892. The largest absolute Gasteiger partial charge is 0.507 e. The number of carbonyl (C=O) groups is 2. The van der Waals surface area contributed by atoms with Crippen LogP contribution in [0.15, 0.2) is 54.6 Å². The van der Waals surface area contributed by atoms with Gasteiger partial charge in [0.05, 0.1) is 12.2 Å². The van der Waals surface area contributed by atoms with Gasteiger partial charge in [-0.15, -0.1) is 0 Å². The summed E-state index contributed by atoms with van der Waals surface area (Å²) in [5, 5.41) is 18.9. The molecule has 0 aliphatic carbocycles. The van der Waals surface area contributed by atoms with E-state index in [-0.39, 0.29) is 41.6 Å². The molecule has 2 aromatic rings. The lowest BCUT2D eigenvalue weighted by molar-refractivity contribution is -0.156. The molecule has 0 aliphatic heterocycles. The van der Waals surface area contributed by atoms with Crippen molar-refractivity contribution < 1.29 is 34.0 Å². The molecule has 0 aromatic heterocycles. The first-order valence-corrected chi connectivity index (χ1v) is 8.56. The average Bonchev–Trinajstić information content (AvgIpc) is 2.66. The number of esters is 1. The second-order valence-corrected chi connectivity index (χ2v) is 5.98. The number of carbonyl (C=O) groups excluding carboxylic acids is 2. The summed E-state index contributed by atoms with van der Waals surface area (Å²) in [4.78, 5) is 24.1. The Morgan fingerprint density at radius 2 is 1.75 bits per heavy atom. The highest BCUT2D eigenvalue weighted by Crippen LogP contribution is 2.27. The molecule has 7 nitrogen and oxygen atoms in total. The Morgan fingerprint density at radius 3 is 2.32 bits per heavy atom. The average molecular weight is 386 g/mol. The van der Waals surface area contributed by atoms with E-state index < -0.39 is 12.3 Å². The molecule has 0 aliphatic rings. The molecule has 2 N–H and O–H groups in total. The summed E-state index contributed by atoms with van der Waals surface area (Å²) in [5.74, 6) is -0.461. The topological polar surface area (TPSA) is 102 Å². The molecule has 0 fully saturated rings. The van der Waals surface area contributed by atoms with E-state index in [1.165, 1.54) is 32.0 Å². The molecule has 2 rings (SSSR count). The van der Waals surface area contributed by atoms with Gasteiger partial charge in [0, 0.05) is 24.1 Å². The van der Waals surface area contributed by atoms with Gasteiger partial charge in [-0.05, 0) is 43.3 Å². The number of aromatic hydroxyl groups is 1. The van der Waals surface area contributed by atoms with Gasteiger partial charge in [0.2, 0.25) is 6.29 Å². The van der Waals surface area contributed by atoms with Gasteiger partial charge in [0.25, 0.3) is 0 Å². The second-order valence-electron chi connectivity index (χ2n) is 5.98. The first-order valence-electron chi connectivity index (χ1n) is 8.56. The van der Waals surface area contributed by atoms with Crippen molar-refractivity contribution in [1.82, 2.24) is 0 Å². The maximum Gasteiger partial charge on any atom is 0.336 e. The fourth-order valence-corrected chi connectivity index (χ4v) is 2.27. The van der Waals surface area contributed by atoms with Crippen LogP contribution in [0.5, 0.6) is 17.2 Å². The van der Waals surface area contributed by atoms with Gasteiger partial charge in [-0.1, -0.05) is 6.58 Å². The summed E-state index contributed by atoms with van der Waals surface area (Å²) in [6.45, 7) is 6.59. The zero-order valence-electron chi connectivity index (χ0n) is 15.7. The summed E-state index contributed by atoms with van der Waals surface area (Å²) in [6, 6.07) is 10.5. The van der Waals surface area contributed by atoms with Crippen molar-refractivity contribution in [3.05, 3.63) is 65.7 Å². The highest BCUT2D eigenvalue weighted by Gasteiger charge is 2.16. The van der Waals surface area contributed by atoms with Gasteiger partial charge in [0.15, 0.2) is 5.78 Å². The van der Waals surface area contributed by atoms with E-state index in [2.05, 4.69) is 6.58 Å². The van der Waals surface area contributed by atoms with Crippen LogP contribution in [-0.2, 0) is 9.53 Å². The van der Waals surface area contributed by atoms with E-state index in [1.807, 2.05) is 0 Å². The van der Waals surface area contributed by atoms with Crippen LogP contribution in [0, 0.1) is 0 Å². The van der Waals surface area contributed by atoms with E-state index in [9.17, 15) is 14.7 Å². The lowest BCUT2D eigenvalue weighted by Crippen LogP contribution is -2.21. The van der Waals surface area contributed by atoms with Gasteiger partial charge in [-0.3, -0.25) is 4.79 Å². The number of rotatable bonds is 9. The van der Waals surface area contributed by atoms with Crippen LogP contribution in [0.2, 0.25) is 0 Å². The van der Waals surface area contributed by atoms with Crippen LogP contribution in [0.1, 0.15) is 29.8 Å². The van der Waals surface area contributed by atoms with E-state index in [1.54, 1.807) is 24.3 Å². The molecular weight excluding hydrogens is 364 g/mol. The first-order chi connectivity index (χ1) is 13.3. The summed E-state index contributed by atoms with van der Waals surface area (Å²) in [7, 11) is 0. The lowest BCUT2D eigenvalue weighted by atomic mass is 10.0. The molecule has 28 heavy (non-hydrogen) atoms. The Labute approximate surface area is 162 Å². The molecular formula is C21H22O7. The monoisotopic (exact) mass is 386 g/mol. The molecule has 7 heteroatoms. The fourth-order valence-electron chi connectivity index (χ4n) is 2.27. The number of phenols is 1. The molecule has 1 atom stereocenters. The number of aliphatic hydroxyl groups is 1. The highest BCUT2D eigenvalue weighted by molar-refractivity contribution is 6.10. The Bertz CT molecular complexity index is 856. The van der Waals surface area contributed by atoms with Gasteiger partial charge in [-0.25, -0.2) is 4.79 Å². The number of ketones is 1. The van der Waals surface area contributed by atoms with Crippen molar-refractivity contribution in [3.63, 3.8) is 0 Å². The summed E-state index contributed by atoms with van der Waals surface area (Å²) in [5.41, 5.74) is 0.707. The molecule has 0 amide bonds. The van der Waals surface area contributed by atoms with Gasteiger partial charge < -0.3 is 24.4 Å². The maximum atomic E-state index is 12.6. The van der Waals surface area contributed by atoms with E-state index in [0.717, 1.165) is 0 Å². The van der Waals surface area contributed by atoms with Crippen LogP contribution >= 0.6 is 0 Å². The molecule has 148 valence electrons. The van der Waals surface area contributed by atoms with Crippen molar-refractivity contribution in [2.45, 2.75) is 20.1 Å². The minimum absolute atomic E-state index is 0.1000. The predicted molar refractivity (Wildman–Crippen MR) is 102 cm³/mol. The smallest absolute Gasteiger partial charge is 0.336 e. The summed E-state index contributed by atoms with van der Waals surface area (Å²) >= 11 is 0. The molecule has 0 radical (unpaired) electrons. The zero-order chi connectivity index (χ0) is 20.7. The number of phenolic OH excluding ortho intramolecular Hbond substituents is 1. The number of ether oxygens (including phenoxy) is 3. The quantitative estimate of drug-likeness (QED) is 0.296. The van der Waals surface area contributed by atoms with Crippen molar-refractivity contribution >= 4 is 11.8 Å². The third-order valence-corrected chi connectivity index (χ3v) is 3.61. The Kier molecular flexibility index (Phi) is 7.17. The summed E-state index contributed by atoms with van der Waals surface area (Å²) < 4.78 is 15.7. The fraction of sp³-hybridized carbons (Fsp3) is 0.238. The van der Waals surface area contributed by atoms with Crippen LogP contribution in [0.4, 0.5) is 0 Å². The van der Waals surface area contributed by atoms with Crippen molar-refractivity contribution in [1.29, 1.82) is 0 Å². The minimum Gasteiger partial charge on any atom is -0.507 e. The Hall–Kier alpha value is -3.32. The molecule has 0 heterocycles. The van der Waals surface area contributed by atoms with Crippen molar-refractivity contribution in [3.8, 4) is 17.2 Å². The number of benzene rings is 2. The normalized spacial score (nSPS) is 11.4. The highest BCUT2D eigenvalue weighted by atomic mass is 16.7. The van der Waals surface area contributed by atoms with E-state index in [0.29, 0.717) is 11.3 Å². The third-order valence-electron chi connectivity index (χ3n) is 3.61. The minimum atomic E-state index is -0.892. The van der Waals surface area contributed by atoms with Crippen molar-refractivity contribution in [2.75, 3.05) is 13.2 Å². The van der Waals surface area contributed by atoms with Crippen LogP contribution in [0.25, 0.3) is 0 Å². The Morgan fingerprint density at radius 1 is 1.11 bits per heavy atom. The SMILES string of the molecule is C=C(C)C(=O)OC(C)Oc1ccc(C(=O)c2ccc(OCCO)cc2)c(O)c1. The molecule has 0 saturated heterocycles. The lowest BCUT2D eigenvalue weighted by Gasteiger charge is -2.16. The van der Waals surface area contributed by atoms with Gasteiger partial charge >= 0.3 is 5.97 Å². The van der Waals surface area contributed by atoms with Crippen LogP contribution in [-0.4, -0.2) is 41.5 Å². The van der Waals surface area contributed by atoms with Crippen LogP contribution < -0.4 is 9.47 Å². The first kappa shape index (κ1) is 21.0. The van der Waals surface area contributed by atoms with E-state index in [4.69, 9.17) is 19.3 Å². The number of aliphatic hydroxyl groups excluding tert-OH is 1. The number of hydrogen-bond donors (Lipinski definition) is 2. The van der Waals surface area contributed by atoms with Crippen LogP contribution in [0.3, 0.4) is 0 Å². The molecule has 1 unspecified atom stereocenters. The maximum absolute atomic E-state index is 12.6. The zero-order valence-corrected chi connectivity index (χ0v) is 15.7. The Balaban J connectivity index is 2.07. The van der Waals surface area contributed by atoms with E-state index >= 15 is 0 Å². The standard InChI is InChI=1S/C21H22O7/c1-13(2)21(25)28-14(3)27-17-8-9-18(19(23)12-17)20(24)15-4-6-16(7-5-15)26-11-10-22/h4-9,12,14,22-23H,1,10-11H2,2-3H3. The van der Waals surface area contributed by atoms with Crippen molar-refractivity contribution in [2.24, 2.45) is 0 Å². The molecule has 0 spiro atoms. The third kappa shape index (κ3) is 5.59. The number of hydrogen-bond acceptors (Lipinski definition) is 7. The van der Waals surface area contributed by atoms with Gasteiger partial charge in [-0.2, -0.15) is 0 Å². The second kappa shape index (κ2) is 9.57. The molecule has 0 saturated carbocycles. The van der Waals surface area contributed by atoms with Gasteiger partial charge in [0.1, 0.15) is 23.9 Å². The molecule has 2 aromatic carbocycles. The predicted octanol–water partition coefficient (Wildman–Crippen LogP) is 2.84. The molecule has 0 bridgehead atoms.